The van der Waals surface area contributed by atoms with Gasteiger partial charge in [0, 0.05) is 13.2 Å². The second-order valence-corrected chi connectivity index (χ2v) is 41.4. The lowest BCUT2D eigenvalue weighted by Crippen LogP contribution is -2.65. The molecule has 9 nitrogen and oxygen atoms in total. The highest BCUT2D eigenvalue weighted by Crippen LogP contribution is 2.32. The molecule has 0 saturated heterocycles. The Morgan fingerprint density at radius 1 is 0.568 bits per heavy atom. The van der Waals surface area contributed by atoms with Crippen molar-refractivity contribution in [1.82, 2.24) is 0 Å². The lowest BCUT2D eigenvalue weighted by Gasteiger charge is -2.46. The summed E-state index contributed by atoms with van der Waals surface area (Å²) >= 11 is 0. The molecule has 2 unspecified atom stereocenters. The minimum atomic E-state index is -3.28. The molecule has 2 N–H and O–H groups in total. The van der Waals surface area contributed by atoms with Crippen LogP contribution in [0.2, 0.25) is 104 Å². The van der Waals surface area contributed by atoms with Crippen molar-refractivity contribution in [3.05, 3.63) is 0 Å². The van der Waals surface area contributed by atoms with Gasteiger partial charge in [0.2, 0.25) is 0 Å². The highest BCUT2D eigenvalue weighted by molar-refractivity contribution is 6.92. The van der Waals surface area contributed by atoms with Gasteiger partial charge in [-0.05, 0) is 104 Å². The van der Waals surface area contributed by atoms with Crippen molar-refractivity contribution in [1.29, 1.82) is 0 Å². The predicted molar refractivity (Wildman–Crippen MR) is 168 cm³/mol. The number of hydrogen-bond acceptors (Lipinski definition) is 9. The molecule has 0 aliphatic heterocycles. The average molecular weight is 651 g/mol. The molecule has 0 heterocycles. The molecule has 2 atom stereocenters. The summed E-state index contributed by atoms with van der Waals surface area (Å²) in [6.07, 6.45) is -0.165. The van der Waals surface area contributed by atoms with Crippen LogP contribution in [0.5, 0.6) is 0 Å². The fourth-order valence-electron chi connectivity index (χ4n) is 4.40. The van der Waals surface area contributed by atoms with Gasteiger partial charge in [-0.15, -0.1) is 0 Å². The molecular weight excluding hydrogens is 593 g/mol. The fourth-order valence-corrected chi connectivity index (χ4v) is 36.5. The monoisotopic (exact) mass is 650 g/mol. The van der Waals surface area contributed by atoms with Gasteiger partial charge < -0.3 is 39.6 Å². The zero-order valence-corrected chi connectivity index (χ0v) is 33.4. The topological polar surface area (TPSA) is 105 Å². The summed E-state index contributed by atoms with van der Waals surface area (Å²) in [7, 11) is -17.0. The van der Waals surface area contributed by atoms with Crippen LogP contribution in [0.25, 0.3) is 0 Å². The van der Waals surface area contributed by atoms with E-state index in [1.54, 1.807) is 0 Å². The van der Waals surface area contributed by atoms with Crippen molar-refractivity contribution < 1.29 is 39.6 Å². The smallest absolute Gasteiger partial charge is 0.437 e. The van der Waals surface area contributed by atoms with E-state index in [2.05, 4.69) is 91.7 Å². The van der Waals surface area contributed by atoms with E-state index >= 15 is 0 Å². The molecule has 0 radical (unpaired) electrons. The minimum absolute atomic E-state index is 0.102. The molecule has 0 aromatic heterocycles. The second-order valence-electron chi connectivity index (χ2n) is 13.8. The van der Waals surface area contributed by atoms with Crippen LogP contribution in [0.3, 0.4) is 0 Å². The first-order valence-electron chi connectivity index (χ1n) is 13.3. The summed E-state index contributed by atoms with van der Waals surface area (Å²) in [6, 6.07) is 0.690. The van der Waals surface area contributed by atoms with Gasteiger partial charge in [-0.1, -0.05) is 0 Å². The molecule has 224 valence electrons. The second kappa shape index (κ2) is 14.4. The van der Waals surface area contributed by atoms with E-state index in [4.69, 9.17) is 34.5 Å². The van der Waals surface area contributed by atoms with E-state index in [9.17, 15) is 5.11 Å². The first-order valence-corrected chi connectivity index (χ1v) is 33.9. The number of aliphatic hydroxyl groups excluding tert-OH is 2. The third-order valence-electron chi connectivity index (χ3n) is 4.33. The summed E-state index contributed by atoms with van der Waals surface area (Å²) < 4.78 is 46.0. The standard InChI is InChI=1S/C21H58O9Si7/c1-31(2,3)25-34(10,11)28-37(15,29-35(12,13)26-32(4,5)6)30-36(14,27-33(7,8)9)18-16-17-24-20-21(23)19-22/h21-23H,16-20H2,1-15H3. The largest absolute Gasteiger partial charge is 0.470 e. The molecule has 0 aliphatic carbocycles. The van der Waals surface area contributed by atoms with Crippen LogP contribution in [-0.4, -0.2) is 95.6 Å². The van der Waals surface area contributed by atoms with Gasteiger partial charge in [-0.3, -0.25) is 0 Å². The maximum Gasteiger partial charge on any atom is 0.470 e. The maximum absolute atomic E-state index is 9.55. The number of aliphatic hydroxyl groups is 2. The number of ether oxygens (including phenoxy) is 1. The van der Waals surface area contributed by atoms with Gasteiger partial charge in [-0.2, -0.15) is 0 Å². The van der Waals surface area contributed by atoms with Crippen LogP contribution in [0.1, 0.15) is 6.42 Å². The van der Waals surface area contributed by atoms with E-state index in [0.717, 1.165) is 0 Å². The van der Waals surface area contributed by atoms with Gasteiger partial charge in [0.15, 0.2) is 25.0 Å². The Balaban J connectivity index is 6.06. The van der Waals surface area contributed by atoms with Gasteiger partial charge in [0.25, 0.3) is 0 Å². The molecule has 0 fully saturated rings. The Kier molecular flexibility index (Phi) is 14.8. The van der Waals surface area contributed by atoms with Gasteiger partial charge in [0.1, 0.15) is 6.10 Å². The quantitative estimate of drug-likeness (QED) is 0.141. The number of rotatable bonds is 19. The van der Waals surface area contributed by atoms with E-state index < -0.39 is 65.5 Å². The Labute approximate surface area is 235 Å². The molecule has 0 spiro atoms. The third-order valence-corrected chi connectivity index (χ3v) is 28.7. The molecule has 0 bridgehead atoms. The Hall–Kier alpha value is 1.16. The summed E-state index contributed by atoms with van der Waals surface area (Å²) in [5.74, 6) is 0. The van der Waals surface area contributed by atoms with Crippen LogP contribution in [0.15, 0.2) is 0 Å². The van der Waals surface area contributed by atoms with Gasteiger partial charge in [-0.25, -0.2) is 0 Å². The highest BCUT2D eigenvalue weighted by Gasteiger charge is 2.54. The molecular formula is C21H58O9Si7. The van der Waals surface area contributed by atoms with E-state index in [0.29, 0.717) is 19.1 Å². The highest BCUT2D eigenvalue weighted by atomic mass is 28.5. The maximum atomic E-state index is 9.55. The van der Waals surface area contributed by atoms with Crippen LogP contribution in [-0.2, 0) is 29.4 Å². The molecule has 0 aliphatic rings. The molecule has 0 rings (SSSR count). The summed E-state index contributed by atoms with van der Waals surface area (Å²) in [4.78, 5) is 0. The number of hydrogen-bond donors (Lipinski definition) is 2. The molecule has 0 aromatic carbocycles. The minimum Gasteiger partial charge on any atom is -0.437 e. The zero-order valence-electron chi connectivity index (χ0n) is 26.4. The molecule has 37 heavy (non-hydrogen) atoms. The summed E-state index contributed by atoms with van der Waals surface area (Å²) in [5, 5.41) is 18.6. The first-order chi connectivity index (χ1) is 16.2. The Morgan fingerprint density at radius 2 is 0.973 bits per heavy atom. The summed E-state index contributed by atoms with van der Waals surface area (Å²) in [6.45, 7) is 32.0. The van der Waals surface area contributed by atoms with Crippen molar-refractivity contribution >= 4 is 59.4 Å². The first kappa shape index (κ1) is 38.2. The summed E-state index contributed by atoms with van der Waals surface area (Å²) in [5.41, 5.74) is 0. The van der Waals surface area contributed by atoms with E-state index in [-0.39, 0.29) is 13.2 Å². The predicted octanol–water partition coefficient (Wildman–Crippen LogP) is 5.39. The van der Waals surface area contributed by atoms with Crippen molar-refractivity contribution in [2.24, 2.45) is 0 Å². The molecule has 16 heteroatoms. The molecule has 0 saturated carbocycles. The lowest BCUT2D eigenvalue weighted by molar-refractivity contribution is 0.00620. The van der Waals surface area contributed by atoms with Crippen LogP contribution < -0.4 is 0 Å². The van der Waals surface area contributed by atoms with Crippen molar-refractivity contribution in [2.75, 3.05) is 19.8 Å². The van der Waals surface area contributed by atoms with Crippen LogP contribution in [0.4, 0.5) is 0 Å². The van der Waals surface area contributed by atoms with E-state index in [1.807, 2.05) is 6.55 Å². The SMILES string of the molecule is C[Si](C)(C)O[Si](C)(C)O[Si](C)(O[Si](C)(C)O[Si](C)(C)C)O[Si](C)(CCCOCC(O)CO)O[Si](C)(C)C. The van der Waals surface area contributed by atoms with Crippen molar-refractivity contribution in [3.63, 3.8) is 0 Å². The van der Waals surface area contributed by atoms with Crippen molar-refractivity contribution in [3.8, 4) is 0 Å². The Morgan fingerprint density at radius 3 is 1.32 bits per heavy atom. The zero-order chi connectivity index (χ0) is 29.6. The van der Waals surface area contributed by atoms with Crippen molar-refractivity contribution in [2.45, 2.75) is 117 Å². The fraction of sp³-hybridized carbons (Fsp3) is 1.00. The Bertz CT molecular complexity index is 649. The normalized spacial score (nSPS) is 17.1. The average Bonchev–Trinajstić information content (AvgIpc) is 2.52. The lowest BCUT2D eigenvalue weighted by atomic mass is 10.4. The van der Waals surface area contributed by atoms with E-state index in [1.165, 1.54) is 0 Å². The molecule has 0 aromatic rings. The van der Waals surface area contributed by atoms with Gasteiger partial charge >= 0.3 is 34.5 Å². The molecule has 0 amide bonds. The van der Waals surface area contributed by atoms with Crippen LogP contribution >= 0.6 is 0 Å². The van der Waals surface area contributed by atoms with Gasteiger partial charge in [0.05, 0.1) is 13.2 Å². The van der Waals surface area contributed by atoms with Crippen LogP contribution in [0, 0.1) is 0 Å². The third kappa shape index (κ3) is 19.8.